The van der Waals surface area contributed by atoms with Crippen molar-refractivity contribution in [3.63, 3.8) is 0 Å². The van der Waals surface area contributed by atoms with E-state index in [1.165, 1.54) is 12.5 Å². The van der Waals surface area contributed by atoms with Crippen molar-refractivity contribution in [3.05, 3.63) is 47.3 Å². The zero-order valence-electron chi connectivity index (χ0n) is 20.0. The van der Waals surface area contributed by atoms with Crippen LogP contribution in [0.15, 0.2) is 30.3 Å². The van der Waals surface area contributed by atoms with Crippen LogP contribution in [0, 0.1) is 6.92 Å². The van der Waals surface area contributed by atoms with Crippen LogP contribution >= 0.6 is 0 Å². The summed E-state index contributed by atoms with van der Waals surface area (Å²) < 4.78 is 56.9. The van der Waals surface area contributed by atoms with Gasteiger partial charge in [-0.25, -0.2) is 9.97 Å². The molecule has 1 heterocycles. The van der Waals surface area contributed by atoms with Gasteiger partial charge in [0.1, 0.15) is 18.2 Å². The van der Waals surface area contributed by atoms with Crippen molar-refractivity contribution in [1.29, 1.82) is 0 Å². The SMILES string of the molecule is COc1cc2nc(C)nc(NCc3cc(N)cc(C(F)(F)F)c3)c2cc1OCCOC1(C)CCC1. The molecule has 1 fully saturated rings. The molecule has 1 saturated carbocycles. The van der Waals surface area contributed by atoms with Crippen molar-refractivity contribution in [3.8, 4) is 11.5 Å². The third-order valence-corrected chi connectivity index (χ3v) is 6.10. The van der Waals surface area contributed by atoms with Crippen molar-refractivity contribution in [2.24, 2.45) is 0 Å². The second-order valence-corrected chi connectivity index (χ2v) is 8.95. The molecule has 0 aliphatic heterocycles. The lowest BCUT2D eigenvalue weighted by molar-refractivity contribution is -0.137. The third-order valence-electron chi connectivity index (χ3n) is 6.10. The molecule has 0 spiro atoms. The van der Waals surface area contributed by atoms with Crippen LogP contribution in [-0.4, -0.2) is 35.9 Å². The Kier molecular flexibility index (Phi) is 6.93. The summed E-state index contributed by atoms with van der Waals surface area (Å²) in [7, 11) is 1.55. The normalized spacial score (nSPS) is 15.0. The Morgan fingerprint density at radius 3 is 2.49 bits per heavy atom. The molecule has 1 aromatic heterocycles. The topological polar surface area (TPSA) is 91.5 Å². The quantitative estimate of drug-likeness (QED) is 0.302. The van der Waals surface area contributed by atoms with E-state index in [0.717, 1.165) is 25.0 Å². The lowest BCUT2D eigenvalue weighted by Crippen LogP contribution is -2.37. The number of aromatic nitrogens is 2. The maximum atomic E-state index is 13.2. The van der Waals surface area contributed by atoms with Gasteiger partial charge in [0.25, 0.3) is 0 Å². The highest BCUT2D eigenvalue weighted by Gasteiger charge is 2.32. The predicted molar refractivity (Wildman–Crippen MR) is 128 cm³/mol. The summed E-state index contributed by atoms with van der Waals surface area (Å²) in [6.07, 6.45) is -1.20. The van der Waals surface area contributed by atoms with Crippen molar-refractivity contribution in [1.82, 2.24) is 9.97 Å². The highest BCUT2D eigenvalue weighted by atomic mass is 19.4. The number of fused-ring (bicyclic) bond motifs is 1. The number of halogens is 3. The average molecular weight is 491 g/mol. The fourth-order valence-corrected chi connectivity index (χ4v) is 4.09. The minimum absolute atomic E-state index is 0.0405. The molecule has 0 radical (unpaired) electrons. The Hall–Kier alpha value is -3.27. The zero-order valence-corrected chi connectivity index (χ0v) is 20.0. The van der Waals surface area contributed by atoms with Gasteiger partial charge in [-0.1, -0.05) is 0 Å². The number of rotatable bonds is 9. The van der Waals surface area contributed by atoms with E-state index in [9.17, 15) is 13.2 Å². The number of benzene rings is 2. The number of nitrogens with two attached hydrogens (primary N) is 1. The molecule has 188 valence electrons. The number of hydrogen-bond acceptors (Lipinski definition) is 7. The van der Waals surface area contributed by atoms with Gasteiger partial charge in [0.2, 0.25) is 0 Å². The van der Waals surface area contributed by atoms with E-state index in [1.807, 2.05) is 0 Å². The number of methoxy groups -OCH3 is 1. The number of hydrogen-bond donors (Lipinski definition) is 2. The third kappa shape index (κ3) is 5.87. The molecular weight excluding hydrogens is 461 g/mol. The van der Waals surface area contributed by atoms with Gasteiger partial charge in [-0.15, -0.1) is 0 Å². The summed E-state index contributed by atoms with van der Waals surface area (Å²) in [6, 6.07) is 7.00. The summed E-state index contributed by atoms with van der Waals surface area (Å²) in [5, 5.41) is 3.77. The van der Waals surface area contributed by atoms with Crippen LogP contribution in [0.5, 0.6) is 11.5 Å². The Morgan fingerprint density at radius 1 is 1.06 bits per heavy atom. The molecular formula is C25H29F3N4O3. The molecule has 3 aromatic rings. The summed E-state index contributed by atoms with van der Waals surface area (Å²) >= 11 is 0. The molecule has 0 unspecified atom stereocenters. The Morgan fingerprint density at radius 2 is 1.83 bits per heavy atom. The van der Waals surface area contributed by atoms with Crippen LogP contribution in [-0.2, 0) is 17.5 Å². The van der Waals surface area contributed by atoms with E-state index in [0.29, 0.717) is 52.8 Å². The maximum absolute atomic E-state index is 13.2. The largest absolute Gasteiger partial charge is 0.493 e. The van der Waals surface area contributed by atoms with E-state index in [-0.39, 0.29) is 17.8 Å². The van der Waals surface area contributed by atoms with Gasteiger partial charge in [0.05, 0.1) is 30.4 Å². The molecule has 1 aliphatic carbocycles. The predicted octanol–water partition coefficient (Wildman–Crippen LogP) is 5.50. The van der Waals surface area contributed by atoms with Crippen molar-refractivity contribution in [2.45, 2.75) is 51.4 Å². The van der Waals surface area contributed by atoms with Gasteiger partial charge in [0, 0.05) is 23.7 Å². The molecule has 0 amide bonds. The van der Waals surface area contributed by atoms with Crippen molar-refractivity contribution in [2.75, 3.05) is 31.4 Å². The standard InChI is InChI=1S/C25H29F3N4O3/c1-15-31-20-13-21(33-3)22(34-7-8-35-24(2)5-4-6-24)12-19(20)23(32-15)30-14-16-9-17(25(26,27)28)11-18(29)10-16/h9-13H,4-8,14,29H2,1-3H3,(H,30,31,32). The molecule has 1 aliphatic rings. The van der Waals surface area contributed by atoms with Gasteiger partial charge in [-0.3, -0.25) is 0 Å². The smallest absolute Gasteiger partial charge is 0.416 e. The van der Waals surface area contributed by atoms with Crippen LogP contribution in [0.1, 0.15) is 43.1 Å². The first-order valence-electron chi connectivity index (χ1n) is 11.4. The van der Waals surface area contributed by atoms with Gasteiger partial charge < -0.3 is 25.3 Å². The van der Waals surface area contributed by atoms with Crippen LogP contribution in [0.25, 0.3) is 10.9 Å². The first-order valence-corrected chi connectivity index (χ1v) is 11.4. The molecule has 35 heavy (non-hydrogen) atoms. The van der Waals surface area contributed by atoms with E-state index < -0.39 is 11.7 Å². The van der Waals surface area contributed by atoms with Gasteiger partial charge in [-0.2, -0.15) is 13.2 Å². The van der Waals surface area contributed by atoms with E-state index in [1.54, 1.807) is 26.2 Å². The van der Waals surface area contributed by atoms with Crippen LogP contribution < -0.4 is 20.5 Å². The lowest BCUT2D eigenvalue weighted by Gasteiger charge is -2.38. The summed E-state index contributed by atoms with van der Waals surface area (Å²) in [5.41, 5.74) is 5.88. The Labute approximate surface area is 201 Å². The second-order valence-electron chi connectivity index (χ2n) is 8.95. The van der Waals surface area contributed by atoms with Crippen molar-refractivity contribution < 1.29 is 27.4 Å². The first-order chi connectivity index (χ1) is 16.6. The summed E-state index contributed by atoms with van der Waals surface area (Å²) in [5.74, 6) is 1.99. The molecule has 2 aromatic carbocycles. The highest BCUT2D eigenvalue weighted by molar-refractivity contribution is 5.91. The summed E-state index contributed by atoms with van der Waals surface area (Å²) in [4.78, 5) is 8.93. The summed E-state index contributed by atoms with van der Waals surface area (Å²) in [6.45, 7) is 4.72. The number of alkyl halides is 3. The second kappa shape index (κ2) is 9.77. The van der Waals surface area contributed by atoms with Crippen molar-refractivity contribution >= 4 is 22.4 Å². The van der Waals surface area contributed by atoms with Gasteiger partial charge >= 0.3 is 6.18 Å². The molecule has 0 atom stereocenters. The van der Waals surface area contributed by atoms with E-state index in [4.69, 9.17) is 19.9 Å². The molecule has 0 saturated heterocycles. The molecule has 7 nitrogen and oxygen atoms in total. The minimum Gasteiger partial charge on any atom is -0.493 e. The number of aryl methyl sites for hydroxylation is 1. The van der Waals surface area contributed by atoms with Gasteiger partial charge in [0.15, 0.2) is 11.5 Å². The zero-order chi connectivity index (χ0) is 25.2. The van der Waals surface area contributed by atoms with Crippen LogP contribution in [0.3, 0.4) is 0 Å². The number of nitrogens with zero attached hydrogens (tertiary/aromatic N) is 2. The highest BCUT2D eigenvalue weighted by Crippen LogP contribution is 2.36. The van der Waals surface area contributed by atoms with Gasteiger partial charge in [-0.05, 0) is 62.9 Å². The number of anilines is 2. The molecule has 4 rings (SSSR count). The minimum atomic E-state index is -4.48. The lowest BCUT2D eigenvalue weighted by atomic mass is 9.82. The monoisotopic (exact) mass is 490 g/mol. The fourth-order valence-electron chi connectivity index (χ4n) is 4.09. The first kappa shape index (κ1) is 24.8. The van der Waals surface area contributed by atoms with Crippen LogP contribution in [0.2, 0.25) is 0 Å². The Balaban J connectivity index is 1.55. The van der Waals surface area contributed by atoms with Crippen LogP contribution in [0.4, 0.5) is 24.7 Å². The number of nitrogen functional groups attached to an aromatic ring is 1. The number of ether oxygens (including phenoxy) is 3. The van der Waals surface area contributed by atoms with E-state index in [2.05, 4.69) is 22.2 Å². The fraction of sp³-hybridized carbons (Fsp3) is 0.440. The number of nitrogens with one attached hydrogen (secondary N) is 1. The molecule has 10 heteroatoms. The maximum Gasteiger partial charge on any atom is 0.416 e. The van der Waals surface area contributed by atoms with E-state index >= 15 is 0 Å². The molecule has 0 bridgehead atoms. The average Bonchev–Trinajstić information content (AvgIpc) is 2.77. The molecule has 3 N–H and O–H groups in total. The Bertz CT molecular complexity index is 1210.